The molecule has 0 aliphatic rings. The van der Waals surface area contributed by atoms with Crippen LogP contribution in [0.25, 0.3) is 0 Å². The SMILES string of the molecule is COCCOC=C[O]. The molecule has 0 atom stereocenters. The third-order valence-electron chi connectivity index (χ3n) is 0.557. The minimum atomic E-state index is 0.440. The van der Waals surface area contributed by atoms with Gasteiger partial charge in [0, 0.05) is 7.11 Å². The van der Waals surface area contributed by atoms with Gasteiger partial charge in [0.05, 0.1) is 6.61 Å². The number of methoxy groups -OCH3 is 1. The smallest absolute Gasteiger partial charge is 0.177 e. The molecule has 47 valence electrons. The summed E-state index contributed by atoms with van der Waals surface area (Å²) in [5, 5.41) is 9.55. The maximum atomic E-state index is 9.55. The van der Waals surface area contributed by atoms with Crippen molar-refractivity contribution in [3.63, 3.8) is 0 Å². The molecule has 0 spiro atoms. The first-order valence-electron chi connectivity index (χ1n) is 2.29. The Hall–Kier alpha value is -0.700. The van der Waals surface area contributed by atoms with Crippen molar-refractivity contribution in [1.82, 2.24) is 0 Å². The van der Waals surface area contributed by atoms with Crippen LogP contribution in [0.3, 0.4) is 0 Å². The van der Waals surface area contributed by atoms with E-state index in [9.17, 15) is 5.11 Å². The van der Waals surface area contributed by atoms with Crippen molar-refractivity contribution in [3.05, 3.63) is 12.5 Å². The summed E-state index contributed by atoms with van der Waals surface area (Å²) in [5.41, 5.74) is 0. The van der Waals surface area contributed by atoms with Crippen molar-refractivity contribution in [2.24, 2.45) is 0 Å². The van der Waals surface area contributed by atoms with Crippen molar-refractivity contribution in [2.45, 2.75) is 0 Å². The van der Waals surface area contributed by atoms with E-state index in [4.69, 9.17) is 0 Å². The second-order valence-electron chi connectivity index (χ2n) is 1.14. The van der Waals surface area contributed by atoms with Gasteiger partial charge in [0.1, 0.15) is 12.9 Å². The van der Waals surface area contributed by atoms with Gasteiger partial charge in [-0.3, -0.25) is 5.11 Å². The zero-order valence-corrected chi connectivity index (χ0v) is 4.79. The summed E-state index contributed by atoms with van der Waals surface area (Å²) < 4.78 is 9.23. The lowest BCUT2D eigenvalue weighted by Crippen LogP contribution is -1.96. The Morgan fingerprint density at radius 3 is 2.75 bits per heavy atom. The lowest BCUT2D eigenvalue weighted by molar-refractivity contribution is 0.120. The molecule has 0 aromatic rings. The van der Waals surface area contributed by atoms with Gasteiger partial charge in [-0.1, -0.05) is 0 Å². The van der Waals surface area contributed by atoms with Crippen LogP contribution in [0.2, 0.25) is 0 Å². The Kier molecular flexibility index (Phi) is 5.75. The first-order valence-corrected chi connectivity index (χ1v) is 2.29. The van der Waals surface area contributed by atoms with Crippen molar-refractivity contribution >= 4 is 0 Å². The molecule has 0 unspecified atom stereocenters. The van der Waals surface area contributed by atoms with E-state index in [1.165, 1.54) is 0 Å². The van der Waals surface area contributed by atoms with Gasteiger partial charge in [-0.2, -0.15) is 0 Å². The highest BCUT2D eigenvalue weighted by Crippen LogP contribution is 1.75. The molecule has 0 aliphatic carbocycles. The van der Waals surface area contributed by atoms with Gasteiger partial charge in [-0.05, 0) is 0 Å². The minimum Gasteiger partial charge on any atom is -0.495 e. The molecule has 3 nitrogen and oxygen atoms in total. The average Bonchev–Trinajstić information content (AvgIpc) is 1.81. The quantitative estimate of drug-likeness (QED) is 0.398. The molecule has 0 aromatic carbocycles. The largest absolute Gasteiger partial charge is 0.495 e. The maximum absolute atomic E-state index is 9.55. The molecule has 0 aromatic heterocycles. The van der Waals surface area contributed by atoms with Crippen molar-refractivity contribution in [2.75, 3.05) is 20.3 Å². The molecule has 1 radical (unpaired) electrons. The van der Waals surface area contributed by atoms with Crippen molar-refractivity contribution < 1.29 is 14.6 Å². The molecule has 3 heteroatoms. The van der Waals surface area contributed by atoms with Gasteiger partial charge < -0.3 is 9.47 Å². The first kappa shape index (κ1) is 7.30. The lowest BCUT2D eigenvalue weighted by Gasteiger charge is -1.95. The first-order chi connectivity index (χ1) is 3.91. The Labute approximate surface area is 48.5 Å². The highest BCUT2D eigenvalue weighted by molar-refractivity contribution is 4.55. The third-order valence-corrected chi connectivity index (χ3v) is 0.557. The fraction of sp³-hybridized carbons (Fsp3) is 0.600. The van der Waals surface area contributed by atoms with Crippen LogP contribution in [-0.4, -0.2) is 20.3 Å². The van der Waals surface area contributed by atoms with Gasteiger partial charge in [-0.25, -0.2) is 0 Å². The standard InChI is InChI=1S/C5H9O3/c1-7-4-5-8-3-2-6/h2-3H,4-5H2,1H3. The van der Waals surface area contributed by atoms with Crippen LogP contribution in [0.4, 0.5) is 0 Å². The number of rotatable bonds is 4. The van der Waals surface area contributed by atoms with E-state index in [2.05, 4.69) is 9.47 Å². The summed E-state index contributed by atoms with van der Waals surface area (Å²) in [6, 6.07) is 0. The normalized spacial score (nSPS) is 10.1. The topological polar surface area (TPSA) is 38.4 Å². The molecule has 0 rings (SSSR count). The Balaban J connectivity index is 2.72. The molecular weight excluding hydrogens is 108 g/mol. The number of hydrogen-bond acceptors (Lipinski definition) is 2. The van der Waals surface area contributed by atoms with Crippen LogP contribution in [0, 0.1) is 0 Å². The van der Waals surface area contributed by atoms with E-state index in [0.29, 0.717) is 19.5 Å². The van der Waals surface area contributed by atoms with Gasteiger partial charge in [-0.15, -0.1) is 0 Å². The summed E-state index contributed by atoms with van der Waals surface area (Å²) in [6.45, 7) is 0.958. The lowest BCUT2D eigenvalue weighted by atomic mass is 10.8. The molecule has 0 aliphatic heterocycles. The predicted octanol–water partition coefficient (Wildman–Crippen LogP) is 0.551. The molecule has 0 heterocycles. The number of ether oxygens (including phenoxy) is 2. The van der Waals surface area contributed by atoms with Crippen molar-refractivity contribution in [1.29, 1.82) is 0 Å². The van der Waals surface area contributed by atoms with E-state index >= 15 is 0 Å². The van der Waals surface area contributed by atoms with Gasteiger partial charge in [0.15, 0.2) is 6.26 Å². The van der Waals surface area contributed by atoms with Crippen LogP contribution >= 0.6 is 0 Å². The molecule has 0 saturated heterocycles. The summed E-state index contributed by atoms with van der Waals surface area (Å²) in [6.07, 6.45) is 1.69. The fourth-order valence-electron chi connectivity index (χ4n) is 0.239. The van der Waals surface area contributed by atoms with Gasteiger partial charge in [0.2, 0.25) is 0 Å². The summed E-state index contributed by atoms with van der Waals surface area (Å²) >= 11 is 0. The molecule has 0 bridgehead atoms. The Morgan fingerprint density at radius 2 is 2.25 bits per heavy atom. The van der Waals surface area contributed by atoms with Crippen LogP contribution in [0.1, 0.15) is 0 Å². The Bertz CT molecular complexity index is 60.7. The van der Waals surface area contributed by atoms with E-state index in [1.807, 2.05) is 0 Å². The highest BCUT2D eigenvalue weighted by Gasteiger charge is 1.77. The summed E-state index contributed by atoms with van der Waals surface area (Å²) in [4.78, 5) is 0. The van der Waals surface area contributed by atoms with E-state index in [-0.39, 0.29) is 0 Å². The zero-order chi connectivity index (χ0) is 6.24. The summed E-state index contributed by atoms with van der Waals surface area (Å²) in [7, 11) is 1.57. The highest BCUT2D eigenvalue weighted by atomic mass is 16.5. The number of hydrogen-bond donors (Lipinski definition) is 0. The van der Waals surface area contributed by atoms with Crippen LogP contribution in [0.5, 0.6) is 0 Å². The predicted molar refractivity (Wildman–Crippen MR) is 27.7 cm³/mol. The molecule has 0 amide bonds. The van der Waals surface area contributed by atoms with Gasteiger partial charge in [0.25, 0.3) is 0 Å². The maximum Gasteiger partial charge on any atom is 0.177 e. The monoisotopic (exact) mass is 117 g/mol. The zero-order valence-electron chi connectivity index (χ0n) is 4.79. The van der Waals surface area contributed by atoms with Crippen LogP contribution in [-0.2, 0) is 14.6 Å². The Morgan fingerprint density at radius 1 is 1.50 bits per heavy atom. The second kappa shape index (κ2) is 6.30. The van der Waals surface area contributed by atoms with E-state index in [0.717, 1.165) is 6.26 Å². The molecule has 0 N–H and O–H groups in total. The fourth-order valence-corrected chi connectivity index (χ4v) is 0.239. The molecule has 0 saturated carbocycles. The molecule has 0 fully saturated rings. The molecule has 8 heavy (non-hydrogen) atoms. The van der Waals surface area contributed by atoms with Gasteiger partial charge >= 0.3 is 0 Å². The second-order valence-corrected chi connectivity index (χ2v) is 1.14. The van der Waals surface area contributed by atoms with E-state index < -0.39 is 0 Å². The van der Waals surface area contributed by atoms with E-state index in [1.54, 1.807) is 7.11 Å². The van der Waals surface area contributed by atoms with Crippen molar-refractivity contribution in [3.8, 4) is 0 Å². The molecular formula is C5H9O3. The minimum absolute atomic E-state index is 0.440. The van der Waals surface area contributed by atoms with Crippen LogP contribution in [0.15, 0.2) is 12.5 Å². The average molecular weight is 117 g/mol. The van der Waals surface area contributed by atoms with Crippen LogP contribution < -0.4 is 0 Å². The summed E-state index contributed by atoms with van der Waals surface area (Å²) in [5.74, 6) is 0. The third kappa shape index (κ3) is 5.30.